The summed E-state index contributed by atoms with van der Waals surface area (Å²) in [6.07, 6.45) is 2.50. The Bertz CT molecular complexity index is 1010. The molecule has 1 N–H and O–H groups in total. The van der Waals surface area contributed by atoms with Crippen LogP contribution in [0.25, 0.3) is 11.4 Å². The SMILES string of the molecule is CCC(C)(C)NC(=O)C(Sc1nnc(-c2ccc(OC)cc2)n1Cc1ccco1)C(C)C. The predicted molar refractivity (Wildman–Crippen MR) is 127 cm³/mol. The molecule has 1 amide bonds. The van der Waals surface area contributed by atoms with Crippen LogP contribution in [0.3, 0.4) is 0 Å². The number of methoxy groups -OCH3 is 1. The van der Waals surface area contributed by atoms with Gasteiger partial charge in [-0.25, -0.2) is 0 Å². The minimum Gasteiger partial charge on any atom is -0.497 e. The highest BCUT2D eigenvalue weighted by Gasteiger charge is 2.30. The standard InChI is InChI=1S/C24H32N4O3S/c1-7-24(4,5)25-22(29)20(16(2)3)32-23-27-26-21(17-10-12-18(30-6)13-11-17)28(23)15-19-9-8-14-31-19/h8-14,16,20H,7,15H2,1-6H3,(H,25,29). The molecule has 0 aliphatic rings. The van der Waals surface area contributed by atoms with E-state index in [1.54, 1.807) is 13.4 Å². The first-order valence-corrected chi connectivity index (χ1v) is 11.7. The zero-order chi connectivity index (χ0) is 23.3. The normalized spacial score (nSPS) is 12.7. The maximum Gasteiger partial charge on any atom is 0.234 e. The summed E-state index contributed by atoms with van der Waals surface area (Å²) in [4.78, 5) is 13.1. The predicted octanol–water partition coefficient (Wildman–Crippen LogP) is 5.02. The van der Waals surface area contributed by atoms with Gasteiger partial charge in [-0.1, -0.05) is 32.5 Å². The molecule has 172 valence electrons. The van der Waals surface area contributed by atoms with Crippen LogP contribution in [0.1, 0.15) is 46.8 Å². The van der Waals surface area contributed by atoms with Crippen LogP contribution in [0, 0.1) is 5.92 Å². The van der Waals surface area contributed by atoms with Gasteiger partial charge in [0.25, 0.3) is 0 Å². The molecule has 1 aromatic carbocycles. The Morgan fingerprint density at radius 2 is 1.94 bits per heavy atom. The van der Waals surface area contributed by atoms with Crippen molar-refractivity contribution in [2.45, 2.75) is 63.5 Å². The number of thioether (sulfide) groups is 1. The first kappa shape index (κ1) is 23.9. The van der Waals surface area contributed by atoms with Crippen molar-refractivity contribution in [3.63, 3.8) is 0 Å². The maximum atomic E-state index is 13.1. The lowest BCUT2D eigenvalue weighted by atomic mass is 10.0. The fraction of sp³-hybridized carbons (Fsp3) is 0.458. The number of hydrogen-bond donors (Lipinski definition) is 1. The lowest BCUT2D eigenvalue weighted by Crippen LogP contribution is -2.47. The summed E-state index contributed by atoms with van der Waals surface area (Å²) in [6.45, 7) is 10.7. The smallest absolute Gasteiger partial charge is 0.234 e. The van der Waals surface area contributed by atoms with E-state index in [2.05, 4.69) is 22.4 Å². The second-order valence-electron chi connectivity index (χ2n) is 8.71. The second kappa shape index (κ2) is 10.3. The fourth-order valence-electron chi connectivity index (χ4n) is 3.13. The molecule has 2 aromatic heterocycles. The van der Waals surface area contributed by atoms with Crippen molar-refractivity contribution >= 4 is 17.7 Å². The Morgan fingerprint density at radius 1 is 1.22 bits per heavy atom. The van der Waals surface area contributed by atoms with Gasteiger partial charge >= 0.3 is 0 Å². The zero-order valence-corrected chi connectivity index (χ0v) is 20.4. The average Bonchev–Trinajstić information content (AvgIpc) is 3.42. The average molecular weight is 457 g/mol. The summed E-state index contributed by atoms with van der Waals surface area (Å²) >= 11 is 1.44. The van der Waals surface area contributed by atoms with E-state index in [0.717, 1.165) is 23.5 Å². The number of furan rings is 1. The number of ether oxygens (including phenoxy) is 1. The van der Waals surface area contributed by atoms with Crippen molar-refractivity contribution in [2.75, 3.05) is 7.11 Å². The van der Waals surface area contributed by atoms with Gasteiger partial charge in [-0.05, 0) is 62.6 Å². The van der Waals surface area contributed by atoms with Crippen LogP contribution in [0.2, 0.25) is 0 Å². The third-order valence-electron chi connectivity index (χ3n) is 5.40. The number of aromatic nitrogens is 3. The van der Waals surface area contributed by atoms with Gasteiger partial charge in [-0.2, -0.15) is 0 Å². The number of nitrogens with one attached hydrogen (secondary N) is 1. The summed E-state index contributed by atoms with van der Waals surface area (Å²) in [7, 11) is 1.64. The first-order chi connectivity index (χ1) is 15.2. The van der Waals surface area contributed by atoms with E-state index >= 15 is 0 Å². The quantitative estimate of drug-likeness (QED) is 0.432. The van der Waals surface area contributed by atoms with Crippen molar-refractivity contribution in [3.05, 3.63) is 48.4 Å². The van der Waals surface area contributed by atoms with Crippen LogP contribution in [0.5, 0.6) is 5.75 Å². The van der Waals surface area contributed by atoms with Crippen LogP contribution < -0.4 is 10.1 Å². The summed E-state index contributed by atoms with van der Waals surface area (Å²) in [5, 5.41) is 12.5. The molecule has 0 saturated carbocycles. The Balaban J connectivity index is 1.95. The molecular weight excluding hydrogens is 424 g/mol. The van der Waals surface area contributed by atoms with Crippen molar-refractivity contribution in [2.24, 2.45) is 5.92 Å². The molecule has 3 aromatic rings. The molecule has 0 aliphatic carbocycles. The van der Waals surface area contributed by atoms with E-state index in [0.29, 0.717) is 17.5 Å². The van der Waals surface area contributed by atoms with Crippen LogP contribution in [0.15, 0.2) is 52.2 Å². The third kappa shape index (κ3) is 5.73. The minimum atomic E-state index is -0.302. The van der Waals surface area contributed by atoms with E-state index in [-0.39, 0.29) is 22.6 Å². The molecule has 2 heterocycles. The molecule has 0 spiro atoms. The summed E-state index contributed by atoms with van der Waals surface area (Å²) in [5.41, 5.74) is 0.648. The maximum absolute atomic E-state index is 13.1. The van der Waals surface area contributed by atoms with Crippen LogP contribution in [0.4, 0.5) is 0 Å². The number of carbonyl (C=O) groups is 1. The van der Waals surface area contributed by atoms with Gasteiger partial charge < -0.3 is 14.5 Å². The van der Waals surface area contributed by atoms with Crippen molar-refractivity contribution < 1.29 is 13.9 Å². The van der Waals surface area contributed by atoms with E-state index in [4.69, 9.17) is 9.15 Å². The largest absolute Gasteiger partial charge is 0.497 e. The van der Waals surface area contributed by atoms with Crippen molar-refractivity contribution in [1.82, 2.24) is 20.1 Å². The molecule has 0 radical (unpaired) electrons. The van der Waals surface area contributed by atoms with E-state index in [1.165, 1.54) is 11.8 Å². The monoisotopic (exact) mass is 456 g/mol. The number of carbonyl (C=O) groups excluding carboxylic acids is 1. The number of nitrogens with zero attached hydrogens (tertiary/aromatic N) is 3. The van der Waals surface area contributed by atoms with Crippen molar-refractivity contribution in [1.29, 1.82) is 0 Å². The molecule has 3 rings (SSSR count). The van der Waals surface area contributed by atoms with Crippen molar-refractivity contribution in [3.8, 4) is 17.1 Å². The Kier molecular flexibility index (Phi) is 7.66. The summed E-state index contributed by atoms with van der Waals surface area (Å²) in [5.74, 6) is 2.40. The van der Waals surface area contributed by atoms with Gasteiger partial charge in [-0.15, -0.1) is 10.2 Å². The van der Waals surface area contributed by atoms with E-state index in [9.17, 15) is 4.79 Å². The van der Waals surface area contributed by atoms with Crippen LogP contribution in [-0.2, 0) is 11.3 Å². The number of rotatable bonds is 10. The van der Waals surface area contributed by atoms with Gasteiger partial charge in [0, 0.05) is 11.1 Å². The molecule has 1 atom stereocenters. The van der Waals surface area contributed by atoms with Gasteiger partial charge in [0.2, 0.25) is 5.91 Å². The summed E-state index contributed by atoms with van der Waals surface area (Å²) < 4.78 is 12.9. The van der Waals surface area contributed by atoms with Crippen LogP contribution in [-0.4, -0.2) is 38.6 Å². The topological polar surface area (TPSA) is 82.2 Å². The molecule has 1 unspecified atom stereocenters. The Labute approximate surface area is 193 Å². The Hall–Kier alpha value is -2.74. The molecular formula is C24H32N4O3S. The molecule has 7 nitrogen and oxygen atoms in total. The molecule has 32 heavy (non-hydrogen) atoms. The van der Waals surface area contributed by atoms with Gasteiger partial charge in [0.05, 0.1) is 25.2 Å². The van der Waals surface area contributed by atoms with Gasteiger partial charge in [0.15, 0.2) is 11.0 Å². The van der Waals surface area contributed by atoms with Gasteiger partial charge in [0.1, 0.15) is 11.5 Å². The zero-order valence-electron chi connectivity index (χ0n) is 19.6. The second-order valence-corrected chi connectivity index (χ2v) is 9.82. The number of hydrogen-bond acceptors (Lipinski definition) is 6. The molecule has 0 aliphatic heterocycles. The number of benzene rings is 1. The van der Waals surface area contributed by atoms with E-state index < -0.39 is 0 Å². The lowest BCUT2D eigenvalue weighted by molar-refractivity contribution is -0.122. The number of amides is 1. The fourth-order valence-corrected chi connectivity index (χ4v) is 4.16. The molecule has 0 fully saturated rings. The molecule has 8 heteroatoms. The highest BCUT2D eigenvalue weighted by molar-refractivity contribution is 8.00. The van der Waals surface area contributed by atoms with Gasteiger partial charge in [-0.3, -0.25) is 9.36 Å². The van der Waals surface area contributed by atoms with E-state index in [1.807, 2.05) is 68.7 Å². The third-order valence-corrected chi connectivity index (χ3v) is 6.93. The highest BCUT2D eigenvalue weighted by Crippen LogP contribution is 2.32. The lowest BCUT2D eigenvalue weighted by Gasteiger charge is -2.28. The summed E-state index contributed by atoms with van der Waals surface area (Å²) in [6, 6.07) is 11.5. The van der Waals surface area contributed by atoms with Crippen LogP contribution >= 0.6 is 11.8 Å². The molecule has 0 bridgehead atoms. The first-order valence-electron chi connectivity index (χ1n) is 10.8. The Morgan fingerprint density at radius 3 is 2.50 bits per heavy atom. The highest BCUT2D eigenvalue weighted by atomic mass is 32.2. The minimum absolute atomic E-state index is 0.00963. The molecule has 0 saturated heterocycles.